The van der Waals surface area contributed by atoms with Crippen LogP contribution in [0.5, 0.6) is 0 Å². The number of nitrogens with two attached hydrogens (primary N) is 1. The van der Waals surface area contributed by atoms with E-state index in [9.17, 15) is 5.11 Å². The number of benzene rings is 2. The zero-order chi connectivity index (χ0) is 18.9. The van der Waals surface area contributed by atoms with Crippen LogP contribution in [0.2, 0.25) is 0 Å². The molecule has 0 aliphatic heterocycles. The van der Waals surface area contributed by atoms with Crippen LogP contribution in [0.3, 0.4) is 0 Å². The van der Waals surface area contributed by atoms with E-state index in [1.54, 1.807) is 6.92 Å². The van der Waals surface area contributed by atoms with Gasteiger partial charge in [-0.3, -0.25) is 4.99 Å². The number of rotatable bonds is 8. The quantitative estimate of drug-likeness (QED) is 0.484. The third-order valence-electron chi connectivity index (χ3n) is 4.74. The van der Waals surface area contributed by atoms with Gasteiger partial charge >= 0.3 is 0 Å². The van der Waals surface area contributed by atoms with E-state index in [-0.39, 0.29) is 12.0 Å². The molecule has 0 aromatic heterocycles. The zero-order valence-electron chi connectivity index (χ0n) is 16.0. The normalized spacial score (nSPS) is 15.3. The minimum absolute atomic E-state index is 0.143. The maximum absolute atomic E-state index is 9.78. The first-order valence-corrected chi connectivity index (χ1v) is 9.39. The molecule has 0 heterocycles. The third-order valence-corrected chi connectivity index (χ3v) is 4.74. The van der Waals surface area contributed by atoms with Crippen LogP contribution in [0.4, 0.5) is 5.69 Å². The van der Waals surface area contributed by atoms with Crippen LogP contribution in [-0.2, 0) is 0 Å². The van der Waals surface area contributed by atoms with E-state index in [1.807, 2.05) is 30.3 Å². The molecular weight excluding hydrogens is 322 g/mol. The molecule has 4 N–H and O–H groups in total. The number of guanidine groups is 1. The monoisotopic (exact) mass is 353 g/mol. The van der Waals surface area contributed by atoms with Crippen LogP contribution in [0.25, 0.3) is 0 Å². The SMILES string of the molecule is CCC(C)c1ccc(NC(N)=NCC(CC(C)O)c2ccccc2)cc1. The van der Waals surface area contributed by atoms with Gasteiger partial charge in [0.1, 0.15) is 0 Å². The Hall–Kier alpha value is -2.33. The maximum atomic E-state index is 9.78. The second kappa shape index (κ2) is 9.97. The van der Waals surface area contributed by atoms with Gasteiger partial charge in [0.2, 0.25) is 0 Å². The fourth-order valence-corrected chi connectivity index (χ4v) is 2.98. The molecule has 2 aromatic rings. The summed E-state index contributed by atoms with van der Waals surface area (Å²) in [7, 11) is 0. The Labute approximate surface area is 157 Å². The highest BCUT2D eigenvalue weighted by molar-refractivity contribution is 5.92. The molecule has 3 atom stereocenters. The summed E-state index contributed by atoms with van der Waals surface area (Å²) in [6.45, 7) is 6.76. The molecule has 0 aliphatic rings. The van der Waals surface area contributed by atoms with Crippen molar-refractivity contribution in [2.45, 2.75) is 51.6 Å². The molecule has 0 spiro atoms. The first-order chi connectivity index (χ1) is 12.5. The Balaban J connectivity index is 2.00. The van der Waals surface area contributed by atoms with E-state index in [0.717, 1.165) is 12.1 Å². The van der Waals surface area contributed by atoms with E-state index in [1.165, 1.54) is 11.1 Å². The molecular formula is C22H31N3O. The van der Waals surface area contributed by atoms with Crippen molar-refractivity contribution < 1.29 is 5.11 Å². The number of hydrogen-bond acceptors (Lipinski definition) is 2. The molecule has 0 aliphatic carbocycles. The molecule has 140 valence electrons. The van der Waals surface area contributed by atoms with Crippen LogP contribution in [0, 0.1) is 0 Å². The Morgan fingerprint density at radius 1 is 1.04 bits per heavy atom. The third kappa shape index (κ3) is 6.19. The number of nitrogens with one attached hydrogen (secondary N) is 1. The fourth-order valence-electron chi connectivity index (χ4n) is 2.98. The summed E-state index contributed by atoms with van der Waals surface area (Å²) in [6.07, 6.45) is 1.41. The van der Waals surface area contributed by atoms with Gasteiger partial charge in [-0.05, 0) is 48.9 Å². The lowest BCUT2D eigenvalue weighted by Crippen LogP contribution is -2.24. The van der Waals surface area contributed by atoms with Gasteiger partial charge in [-0.2, -0.15) is 0 Å². The number of aliphatic hydroxyl groups is 1. The molecule has 2 rings (SSSR count). The molecule has 2 aromatic carbocycles. The van der Waals surface area contributed by atoms with E-state index >= 15 is 0 Å². The highest BCUT2D eigenvalue weighted by Crippen LogP contribution is 2.22. The van der Waals surface area contributed by atoms with Crippen molar-refractivity contribution >= 4 is 11.6 Å². The maximum Gasteiger partial charge on any atom is 0.193 e. The average Bonchev–Trinajstić information content (AvgIpc) is 2.65. The van der Waals surface area contributed by atoms with Crippen LogP contribution in [0.1, 0.15) is 56.6 Å². The highest BCUT2D eigenvalue weighted by atomic mass is 16.3. The molecule has 4 heteroatoms. The van der Waals surface area contributed by atoms with E-state index in [4.69, 9.17) is 5.73 Å². The molecule has 0 radical (unpaired) electrons. The van der Waals surface area contributed by atoms with Crippen molar-refractivity contribution in [1.82, 2.24) is 0 Å². The second-order valence-electron chi connectivity index (χ2n) is 6.97. The Bertz CT molecular complexity index is 680. The number of aliphatic hydroxyl groups excluding tert-OH is 1. The lowest BCUT2D eigenvalue weighted by atomic mass is 9.93. The predicted molar refractivity (Wildman–Crippen MR) is 111 cm³/mol. The smallest absolute Gasteiger partial charge is 0.193 e. The lowest BCUT2D eigenvalue weighted by Gasteiger charge is -2.17. The van der Waals surface area contributed by atoms with Crippen LogP contribution in [0.15, 0.2) is 59.6 Å². The van der Waals surface area contributed by atoms with Gasteiger partial charge in [-0.15, -0.1) is 0 Å². The number of nitrogens with zero attached hydrogens (tertiary/aromatic N) is 1. The van der Waals surface area contributed by atoms with Crippen LogP contribution in [-0.4, -0.2) is 23.7 Å². The summed E-state index contributed by atoms with van der Waals surface area (Å²) in [6, 6.07) is 18.5. The molecule has 3 unspecified atom stereocenters. The first kappa shape index (κ1) is 20.0. The summed E-state index contributed by atoms with van der Waals surface area (Å²) >= 11 is 0. The molecule has 4 nitrogen and oxygen atoms in total. The van der Waals surface area contributed by atoms with Crippen molar-refractivity contribution in [3.63, 3.8) is 0 Å². The topological polar surface area (TPSA) is 70.6 Å². The first-order valence-electron chi connectivity index (χ1n) is 9.39. The summed E-state index contributed by atoms with van der Waals surface area (Å²) in [5.74, 6) is 1.10. The summed E-state index contributed by atoms with van der Waals surface area (Å²) in [5.41, 5.74) is 9.50. The number of aliphatic imine (C=N–C) groups is 1. The highest BCUT2D eigenvalue weighted by Gasteiger charge is 2.14. The van der Waals surface area contributed by atoms with Crippen molar-refractivity contribution in [2.75, 3.05) is 11.9 Å². The second-order valence-corrected chi connectivity index (χ2v) is 6.97. The van der Waals surface area contributed by atoms with Gasteiger partial charge in [0, 0.05) is 18.2 Å². The Morgan fingerprint density at radius 3 is 2.27 bits per heavy atom. The average molecular weight is 354 g/mol. The summed E-state index contributed by atoms with van der Waals surface area (Å²) in [4.78, 5) is 4.50. The molecule has 0 amide bonds. The van der Waals surface area contributed by atoms with E-state index < -0.39 is 0 Å². The van der Waals surface area contributed by atoms with Crippen molar-refractivity contribution in [3.8, 4) is 0 Å². The number of hydrogen-bond donors (Lipinski definition) is 3. The predicted octanol–water partition coefficient (Wildman–Crippen LogP) is 4.48. The van der Waals surface area contributed by atoms with E-state index in [0.29, 0.717) is 24.8 Å². The van der Waals surface area contributed by atoms with Crippen molar-refractivity contribution in [3.05, 3.63) is 65.7 Å². The Morgan fingerprint density at radius 2 is 1.69 bits per heavy atom. The van der Waals surface area contributed by atoms with Crippen molar-refractivity contribution in [2.24, 2.45) is 10.7 Å². The van der Waals surface area contributed by atoms with Gasteiger partial charge in [-0.1, -0.05) is 56.3 Å². The molecule has 0 saturated heterocycles. The Kier molecular flexibility index (Phi) is 7.67. The van der Waals surface area contributed by atoms with Crippen LogP contribution >= 0.6 is 0 Å². The molecule has 26 heavy (non-hydrogen) atoms. The van der Waals surface area contributed by atoms with Crippen molar-refractivity contribution in [1.29, 1.82) is 0 Å². The van der Waals surface area contributed by atoms with Crippen LogP contribution < -0.4 is 11.1 Å². The van der Waals surface area contributed by atoms with Gasteiger partial charge in [0.25, 0.3) is 0 Å². The lowest BCUT2D eigenvalue weighted by molar-refractivity contribution is 0.175. The largest absolute Gasteiger partial charge is 0.393 e. The van der Waals surface area contributed by atoms with E-state index in [2.05, 4.69) is 48.4 Å². The number of anilines is 1. The summed E-state index contributed by atoms with van der Waals surface area (Å²) < 4.78 is 0. The molecule has 0 fully saturated rings. The molecule has 0 bridgehead atoms. The minimum atomic E-state index is -0.377. The standard InChI is InChI=1S/C22H31N3O/c1-4-16(2)18-10-12-21(13-11-18)25-22(23)24-15-20(14-17(3)26)19-8-6-5-7-9-19/h5-13,16-17,20,26H,4,14-15H2,1-3H3,(H3,23,24,25). The fraction of sp³-hybridized carbons (Fsp3) is 0.409. The molecule has 0 saturated carbocycles. The zero-order valence-corrected chi connectivity index (χ0v) is 16.0. The van der Waals surface area contributed by atoms with Gasteiger partial charge in [0.05, 0.1) is 6.10 Å². The van der Waals surface area contributed by atoms with Gasteiger partial charge in [0.15, 0.2) is 5.96 Å². The summed E-state index contributed by atoms with van der Waals surface area (Å²) in [5, 5.41) is 12.9. The minimum Gasteiger partial charge on any atom is -0.393 e. The van der Waals surface area contributed by atoms with Gasteiger partial charge < -0.3 is 16.2 Å². The van der Waals surface area contributed by atoms with Gasteiger partial charge in [-0.25, -0.2) is 0 Å².